The van der Waals surface area contributed by atoms with Crippen LogP contribution in [-0.2, 0) is 17.8 Å². The lowest BCUT2D eigenvalue weighted by molar-refractivity contribution is -0.119. The van der Waals surface area contributed by atoms with Crippen LogP contribution < -0.4 is 4.90 Å². The van der Waals surface area contributed by atoms with Crippen molar-refractivity contribution in [3.63, 3.8) is 0 Å². The Morgan fingerprint density at radius 3 is 2.69 bits per heavy atom. The maximum Gasteiger partial charge on any atom is 0.230 e. The molecule has 134 valence electrons. The Morgan fingerprint density at radius 1 is 1.23 bits per heavy atom. The van der Waals surface area contributed by atoms with Crippen molar-refractivity contribution in [2.75, 3.05) is 4.90 Å². The molecule has 1 aliphatic carbocycles. The van der Waals surface area contributed by atoms with E-state index in [1.807, 2.05) is 23.1 Å². The fourth-order valence-corrected chi connectivity index (χ4v) is 3.19. The second-order valence-electron chi connectivity index (χ2n) is 6.96. The lowest BCUT2D eigenvalue weighted by Crippen LogP contribution is -2.31. The van der Waals surface area contributed by atoms with Crippen molar-refractivity contribution in [1.29, 1.82) is 0 Å². The van der Waals surface area contributed by atoms with E-state index in [1.165, 1.54) is 12.1 Å². The van der Waals surface area contributed by atoms with Crippen LogP contribution in [0.2, 0.25) is 0 Å². The van der Waals surface area contributed by atoms with E-state index < -0.39 is 0 Å². The number of aromatic amines is 1. The van der Waals surface area contributed by atoms with Crippen LogP contribution in [0.1, 0.15) is 37.6 Å². The first-order chi connectivity index (χ1) is 12.6. The quantitative estimate of drug-likeness (QED) is 0.706. The molecule has 1 amide bonds. The molecule has 0 bridgehead atoms. The third kappa shape index (κ3) is 3.47. The largest absolute Gasteiger partial charge is 0.342 e. The van der Waals surface area contributed by atoms with Gasteiger partial charge in [-0.05, 0) is 55.2 Å². The molecule has 1 saturated carbocycles. The predicted molar refractivity (Wildman–Crippen MR) is 100 cm³/mol. The first kappa shape index (κ1) is 16.8. The number of carbonyl (C=O) groups excluding carboxylic acids is 1. The number of rotatable bonds is 6. The van der Waals surface area contributed by atoms with Crippen LogP contribution in [0.25, 0.3) is 11.0 Å². The highest BCUT2D eigenvalue weighted by Crippen LogP contribution is 2.34. The number of aryl methyl sites for hydroxylation is 1. The molecule has 1 heterocycles. The third-order valence-electron chi connectivity index (χ3n) is 4.76. The van der Waals surface area contributed by atoms with Gasteiger partial charge >= 0.3 is 0 Å². The Hall–Kier alpha value is -2.69. The molecule has 0 radical (unpaired) electrons. The van der Waals surface area contributed by atoms with E-state index in [1.54, 1.807) is 12.1 Å². The summed E-state index contributed by atoms with van der Waals surface area (Å²) in [5, 5.41) is 0. The zero-order valence-electron chi connectivity index (χ0n) is 14.8. The SMILES string of the molecule is CCCc1nc2ccc(N(Cc3ccc(F)cc3)C(=O)C3CC3)cc2[nH]1. The summed E-state index contributed by atoms with van der Waals surface area (Å²) in [6, 6.07) is 12.2. The number of halogens is 1. The Morgan fingerprint density at radius 2 is 2.00 bits per heavy atom. The van der Waals surface area contributed by atoms with Gasteiger partial charge in [0.15, 0.2) is 0 Å². The van der Waals surface area contributed by atoms with E-state index in [9.17, 15) is 9.18 Å². The highest BCUT2D eigenvalue weighted by molar-refractivity contribution is 5.97. The van der Waals surface area contributed by atoms with Gasteiger partial charge < -0.3 is 9.88 Å². The Labute approximate surface area is 152 Å². The van der Waals surface area contributed by atoms with Crippen molar-refractivity contribution in [2.24, 2.45) is 5.92 Å². The fraction of sp³-hybridized carbons (Fsp3) is 0.333. The van der Waals surface area contributed by atoms with Gasteiger partial charge in [0.05, 0.1) is 17.6 Å². The molecule has 5 heteroatoms. The van der Waals surface area contributed by atoms with Crippen LogP contribution in [-0.4, -0.2) is 15.9 Å². The summed E-state index contributed by atoms with van der Waals surface area (Å²) in [4.78, 5) is 22.6. The number of hydrogen-bond acceptors (Lipinski definition) is 2. The number of nitrogens with one attached hydrogen (secondary N) is 1. The number of nitrogens with zero attached hydrogens (tertiary/aromatic N) is 2. The van der Waals surface area contributed by atoms with Crippen LogP contribution in [0.3, 0.4) is 0 Å². The van der Waals surface area contributed by atoms with Crippen molar-refractivity contribution in [3.05, 3.63) is 59.7 Å². The first-order valence-corrected chi connectivity index (χ1v) is 9.18. The van der Waals surface area contributed by atoms with E-state index in [-0.39, 0.29) is 17.6 Å². The topological polar surface area (TPSA) is 49.0 Å². The van der Waals surface area contributed by atoms with Crippen LogP contribution in [0.4, 0.5) is 10.1 Å². The molecule has 3 aromatic rings. The minimum absolute atomic E-state index is 0.114. The number of fused-ring (bicyclic) bond motifs is 1. The van der Waals surface area contributed by atoms with Crippen molar-refractivity contribution >= 4 is 22.6 Å². The summed E-state index contributed by atoms with van der Waals surface area (Å²) in [7, 11) is 0. The molecule has 0 atom stereocenters. The molecule has 2 aromatic carbocycles. The van der Waals surface area contributed by atoms with Gasteiger partial charge in [-0.1, -0.05) is 19.1 Å². The normalized spacial score (nSPS) is 13.9. The van der Waals surface area contributed by atoms with E-state index in [2.05, 4.69) is 16.9 Å². The second kappa shape index (κ2) is 6.90. The van der Waals surface area contributed by atoms with Crippen LogP contribution in [0, 0.1) is 11.7 Å². The van der Waals surface area contributed by atoms with Gasteiger partial charge in [0, 0.05) is 18.0 Å². The van der Waals surface area contributed by atoms with Crippen LogP contribution in [0.5, 0.6) is 0 Å². The Balaban J connectivity index is 1.67. The monoisotopic (exact) mass is 351 g/mol. The van der Waals surface area contributed by atoms with Gasteiger partial charge in [0.25, 0.3) is 0 Å². The minimum Gasteiger partial charge on any atom is -0.342 e. The van der Waals surface area contributed by atoms with E-state index in [4.69, 9.17) is 0 Å². The smallest absolute Gasteiger partial charge is 0.230 e. The Bertz CT molecular complexity index is 928. The van der Waals surface area contributed by atoms with Gasteiger partial charge in [-0.3, -0.25) is 4.79 Å². The Kier molecular flexibility index (Phi) is 4.45. The van der Waals surface area contributed by atoms with E-state index in [0.29, 0.717) is 6.54 Å². The van der Waals surface area contributed by atoms with E-state index in [0.717, 1.165) is 53.8 Å². The molecular weight excluding hydrogens is 329 g/mol. The van der Waals surface area contributed by atoms with Gasteiger partial charge in [-0.15, -0.1) is 0 Å². The highest BCUT2D eigenvalue weighted by Gasteiger charge is 2.34. The number of hydrogen-bond donors (Lipinski definition) is 1. The number of H-pyrrole nitrogens is 1. The lowest BCUT2D eigenvalue weighted by Gasteiger charge is -2.23. The fourth-order valence-electron chi connectivity index (χ4n) is 3.19. The molecule has 0 unspecified atom stereocenters. The summed E-state index contributed by atoms with van der Waals surface area (Å²) in [6.45, 7) is 2.56. The average molecular weight is 351 g/mol. The van der Waals surface area contributed by atoms with Crippen molar-refractivity contribution in [1.82, 2.24) is 9.97 Å². The first-order valence-electron chi connectivity index (χ1n) is 9.18. The van der Waals surface area contributed by atoms with Gasteiger partial charge in [0.2, 0.25) is 5.91 Å². The number of carbonyl (C=O) groups is 1. The molecule has 26 heavy (non-hydrogen) atoms. The summed E-state index contributed by atoms with van der Waals surface area (Å²) in [5.74, 6) is 0.958. The maximum atomic E-state index is 13.2. The predicted octanol–water partition coefficient (Wildman–Crippen LogP) is 4.60. The summed E-state index contributed by atoms with van der Waals surface area (Å²) in [6.07, 6.45) is 3.84. The molecule has 0 saturated heterocycles. The van der Waals surface area contributed by atoms with Gasteiger partial charge in [-0.25, -0.2) is 9.37 Å². The van der Waals surface area contributed by atoms with Crippen molar-refractivity contribution in [2.45, 2.75) is 39.2 Å². The van der Waals surface area contributed by atoms with Crippen molar-refractivity contribution in [3.8, 4) is 0 Å². The highest BCUT2D eigenvalue weighted by atomic mass is 19.1. The lowest BCUT2D eigenvalue weighted by atomic mass is 10.1. The second-order valence-corrected chi connectivity index (χ2v) is 6.96. The molecule has 1 aromatic heterocycles. The van der Waals surface area contributed by atoms with Gasteiger partial charge in [0.1, 0.15) is 11.6 Å². The third-order valence-corrected chi connectivity index (χ3v) is 4.76. The molecule has 1 N–H and O–H groups in total. The summed E-state index contributed by atoms with van der Waals surface area (Å²) < 4.78 is 13.2. The van der Waals surface area contributed by atoms with Gasteiger partial charge in [-0.2, -0.15) is 0 Å². The number of amides is 1. The molecule has 0 aliphatic heterocycles. The van der Waals surface area contributed by atoms with Crippen LogP contribution in [0.15, 0.2) is 42.5 Å². The molecule has 1 fully saturated rings. The standard InChI is InChI=1S/C21H22FN3O/c1-2-3-20-23-18-11-10-17(12-19(18)24-20)25(21(26)15-6-7-15)13-14-4-8-16(22)9-5-14/h4-5,8-12,15H,2-3,6-7,13H2,1H3,(H,23,24). The zero-order valence-corrected chi connectivity index (χ0v) is 14.8. The number of imidazole rings is 1. The maximum absolute atomic E-state index is 13.2. The summed E-state index contributed by atoms with van der Waals surface area (Å²) in [5.41, 5.74) is 3.62. The zero-order chi connectivity index (χ0) is 18.1. The molecule has 4 rings (SSSR count). The summed E-state index contributed by atoms with van der Waals surface area (Å²) >= 11 is 0. The molecule has 1 aliphatic rings. The number of aromatic nitrogens is 2. The minimum atomic E-state index is -0.267. The van der Waals surface area contributed by atoms with E-state index >= 15 is 0 Å². The molecular formula is C21H22FN3O. The van der Waals surface area contributed by atoms with Crippen molar-refractivity contribution < 1.29 is 9.18 Å². The number of anilines is 1. The average Bonchev–Trinajstić information content (AvgIpc) is 3.41. The number of benzene rings is 2. The van der Waals surface area contributed by atoms with Crippen LogP contribution >= 0.6 is 0 Å². The molecule has 4 nitrogen and oxygen atoms in total. The molecule has 0 spiro atoms.